The summed E-state index contributed by atoms with van der Waals surface area (Å²) in [6.45, 7) is 4.37. The second kappa shape index (κ2) is 8.95. The summed E-state index contributed by atoms with van der Waals surface area (Å²) in [5.41, 5.74) is 2.65. The summed E-state index contributed by atoms with van der Waals surface area (Å²) < 4.78 is 29.0. The van der Waals surface area contributed by atoms with Gasteiger partial charge in [-0.05, 0) is 30.3 Å². The summed E-state index contributed by atoms with van der Waals surface area (Å²) in [6.07, 6.45) is 0.534. The van der Waals surface area contributed by atoms with Crippen LogP contribution >= 0.6 is 0 Å². The zero-order valence-corrected chi connectivity index (χ0v) is 19.7. The van der Waals surface area contributed by atoms with Gasteiger partial charge in [-0.2, -0.15) is 4.31 Å². The van der Waals surface area contributed by atoms with Crippen molar-refractivity contribution in [3.63, 3.8) is 0 Å². The van der Waals surface area contributed by atoms with Crippen LogP contribution in [-0.4, -0.2) is 53.7 Å². The molecule has 33 heavy (non-hydrogen) atoms. The standard InChI is InChI=1S/C23H27N5O4S/c1-4-27(5-2)33(31,32)16-10-11-19-18(14-16)24-21(26(19)3)12-13-23(30)28-15-22(29)25-17-8-6-7-9-20(17)28/h6-11,14H,4-5,12-13,15H2,1-3H3,(H,25,29). The minimum absolute atomic E-state index is 0.0229. The lowest BCUT2D eigenvalue weighted by Crippen LogP contribution is -2.42. The van der Waals surface area contributed by atoms with Crippen LogP contribution in [0.2, 0.25) is 0 Å². The highest BCUT2D eigenvalue weighted by Gasteiger charge is 2.27. The molecule has 174 valence electrons. The molecule has 0 aliphatic carbocycles. The molecular formula is C23H27N5O4S. The van der Waals surface area contributed by atoms with E-state index < -0.39 is 10.0 Å². The lowest BCUT2D eigenvalue weighted by molar-refractivity contribution is -0.121. The first-order chi connectivity index (χ1) is 15.8. The van der Waals surface area contributed by atoms with E-state index in [2.05, 4.69) is 10.3 Å². The highest BCUT2D eigenvalue weighted by Crippen LogP contribution is 2.29. The summed E-state index contributed by atoms with van der Waals surface area (Å²) in [7, 11) is -1.74. The van der Waals surface area contributed by atoms with Gasteiger partial charge in [0.05, 0.1) is 27.3 Å². The van der Waals surface area contributed by atoms with Crippen LogP contribution in [0, 0.1) is 0 Å². The van der Waals surface area contributed by atoms with Gasteiger partial charge in [-0.15, -0.1) is 0 Å². The van der Waals surface area contributed by atoms with Crippen molar-refractivity contribution in [2.45, 2.75) is 31.6 Å². The maximum Gasteiger partial charge on any atom is 0.244 e. The fraction of sp³-hybridized carbons (Fsp3) is 0.348. The van der Waals surface area contributed by atoms with Crippen LogP contribution in [0.15, 0.2) is 47.4 Å². The van der Waals surface area contributed by atoms with Gasteiger partial charge in [0.1, 0.15) is 12.4 Å². The van der Waals surface area contributed by atoms with E-state index in [0.29, 0.717) is 42.2 Å². The first-order valence-electron chi connectivity index (χ1n) is 10.9. The fourth-order valence-electron chi connectivity index (χ4n) is 4.14. The van der Waals surface area contributed by atoms with E-state index in [1.807, 2.05) is 17.7 Å². The maximum absolute atomic E-state index is 13.0. The average Bonchev–Trinajstić information content (AvgIpc) is 3.12. The number of amides is 2. The molecule has 1 N–H and O–H groups in total. The molecule has 2 amide bonds. The number of anilines is 2. The van der Waals surface area contributed by atoms with Crippen molar-refractivity contribution in [1.29, 1.82) is 0 Å². The van der Waals surface area contributed by atoms with E-state index >= 15 is 0 Å². The predicted molar refractivity (Wildman–Crippen MR) is 127 cm³/mol. The number of hydrogen-bond donors (Lipinski definition) is 1. The monoisotopic (exact) mass is 469 g/mol. The number of sulfonamides is 1. The van der Waals surface area contributed by atoms with Crippen LogP contribution in [0.3, 0.4) is 0 Å². The van der Waals surface area contributed by atoms with Gasteiger partial charge >= 0.3 is 0 Å². The largest absolute Gasteiger partial charge is 0.331 e. The molecule has 0 atom stereocenters. The molecular weight excluding hydrogens is 442 g/mol. The van der Waals surface area contributed by atoms with Crippen LogP contribution < -0.4 is 10.2 Å². The molecule has 10 heteroatoms. The molecule has 4 rings (SSSR count). The molecule has 0 unspecified atom stereocenters. The van der Waals surface area contributed by atoms with Crippen molar-refractivity contribution in [3.05, 3.63) is 48.3 Å². The third-order valence-corrected chi connectivity index (χ3v) is 7.97. The van der Waals surface area contributed by atoms with Crippen LogP contribution in [0.4, 0.5) is 11.4 Å². The molecule has 0 bridgehead atoms. The smallest absolute Gasteiger partial charge is 0.244 e. The number of para-hydroxylation sites is 2. The first-order valence-corrected chi connectivity index (χ1v) is 12.3. The predicted octanol–water partition coefficient (Wildman–Crippen LogP) is 2.52. The summed E-state index contributed by atoms with van der Waals surface area (Å²) in [5, 5.41) is 2.78. The van der Waals surface area contributed by atoms with Gasteiger partial charge in [-0.3, -0.25) is 9.59 Å². The number of nitrogens with zero attached hydrogens (tertiary/aromatic N) is 4. The Kier molecular flexibility index (Phi) is 6.22. The second-order valence-electron chi connectivity index (χ2n) is 7.87. The van der Waals surface area contributed by atoms with Gasteiger partial charge in [-0.1, -0.05) is 26.0 Å². The quantitative estimate of drug-likeness (QED) is 0.573. The summed E-state index contributed by atoms with van der Waals surface area (Å²) in [6, 6.07) is 12.1. The van der Waals surface area contributed by atoms with Crippen LogP contribution in [0.1, 0.15) is 26.1 Å². The van der Waals surface area contributed by atoms with E-state index in [0.717, 1.165) is 5.52 Å². The van der Waals surface area contributed by atoms with E-state index in [4.69, 9.17) is 0 Å². The number of aryl methyl sites for hydroxylation is 2. The lowest BCUT2D eigenvalue weighted by Gasteiger charge is -2.29. The molecule has 0 fully saturated rings. The third kappa shape index (κ3) is 4.23. The Bertz CT molecular complexity index is 1330. The topological polar surface area (TPSA) is 105 Å². The minimum atomic E-state index is -3.58. The van der Waals surface area contributed by atoms with Crippen LogP contribution in [-0.2, 0) is 33.1 Å². The van der Waals surface area contributed by atoms with E-state index in [9.17, 15) is 18.0 Å². The minimum Gasteiger partial charge on any atom is -0.331 e. The SMILES string of the molecule is CCN(CC)S(=O)(=O)c1ccc2c(c1)nc(CCC(=O)N1CC(=O)Nc3ccccc31)n2C. The molecule has 9 nitrogen and oxygen atoms in total. The Morgan fingerprint density at radius 3 is 2.61 bits per heavy atom. The number of benzene rings is 2. The number of hydrogen-bond acceptors (Lipinski definition) is 5. The molecule has 1 aliphatic rings. The normalized spacial score (nSPS) is 13.9. The van der Waals surface area contributed by atoms with Crippen molar-refractivity contribution in [3.8, 4) is 0 Å². The Hall–Kier alpha value is -3.24. The molecule has 2 heterocycles. The van der Waals surface area contributed by atoms with E-state index in [-0.39, 0.29) is 29.7 Å². The Morgan fingerprint density at radius 1 is 1.15 bits per heavy atom. The van der Waals surface area contributed by atoms with Crippen molar-refractivity contribution in [1.82, 2.24) is 13.9 Å². The molecule has 0 radical (unpaired) electrons. The van der Waals surface area contributed by atoms with E-state index in [1.165, 1.54) is 9.21 Å². The van der Waals surface area contributed by atoms with Crippen LogP contribution in [0.25, 0.3) is 11.0 Å². The van der Waals surface area contributed by atoms with E-state index in [1.54, 1.807) is 50.2 Å². The zero-order valence-electron chi connectivity index (χ0n) is 18.9. The molecule has 0 spiro atoms. The summed E-state index contributed by atoms with van der Waals surface area (Å²) >= 11 is 0. The lowest BCUT2D eigenvalue weighted by atomic mass is 10.1. The third-order valence-electron chi connectivity index (χ3n) is 5.92. The number of fused-ring (bicyclic) bond motifs is 2. The summed E-state index contributed by atoms with van der Waals surface area (Å²) in [5.74, 6) is 0.270. The van der Waals surface area contributed by atoms with Gasteiger partial charge in [0.2, 0.25) is 21.8 Å². The van der Waals surface area contributed by atoms with Crippen molar-refractivity contribution in [2.75, 3.05) is 29.9 Å². The maximum atomic E-state index is 13.0. The molecule has 1 aromatic heterocycles. The van der Waals surface area contributed by atoms with Gasteiger partial charge in [0, 0.05) is 33.0 Å². The van der Waals surface area contributed by atoms with Gasteiger partial charge in [0.25, 0.3) is 0 Å². The van der Waals surface area contributed by atoms with Crippen molar-refractivity contribution >= 4 is 44.2 Å². The van der Waals surface area contributed by atoms with Gasteiger partial charge in [0.15, 0.2) is 0 Å². The number of nitrogens with one attached hydrogen (secondary N) is 1. The fourth-order valence-corrected chi connectivity index (χ4v) is 5.61. The number of carbonyl (C=O) groups excluding carboxylic acids is 2. The number of rotatable bonds is 7. The number of carbonyl (C=O) groups is 2. The highest BCUT2D eigenvalue weighted by atomic mass is 32.2. The molecule has 2 aromatic carbocycles. The average molecular weight is 470 g/mol. The second-order valence-corrected chi connectivity index (χ2v) is 9.81. The Balaban J connectivity index is 1.56. The Morgan fingerprint density at radius 2 is 1.88 bits per heavy atom. The highest BCUT2D eigenvalue weighted by molar-refractivity contribution is 7.89. The number of imidazole rings is 1. The molecule has 0 saturated carbocycles. The van der Waals surface area contributed by atoms with Crippen molar-refractivity contribution < 1.29 is 18.0 Å². The van der Waals surface area contributed by atoms with Crippen molar-refractivity contribution in [2.24, 2.45) is 7.05 Å². The molecule has 3 aromatic rings. The van der Waals surface area contributed by atoms with Gasteiger partial charge < -0.3 is 14.8 Å². The molecule has 1 aliphatic heterocycles. The number of aromatic nitrogens is 2. The summed E-state index contributed by atoms with van der Waals surface area (Å²) in [4.78, 5) is 31.3. The Labute approximate surface area is 193 Å². The van der Waals surface area contributed by atoms with Crippen LogP contribution in [0.5, 0.6) is 0 Å². The van der Waals surface area contributed by atoms with Gasteiger partial charge in [-0.25, -0.2) is 13.4 Å². The zero-order chi connectivity index (χ0) is 23.8. The molecule has 0 saturated heterocycles. The first kappa shape index (κ1) is 22.9.